The summed E-state index contributed by atoms with van der Waals surface area (Å²) in [5.74, 6) is 0. The van der Waals surface area contributed by atoms with E-state index in [1.165, 1.54) is 58.0 Å². The van der Waals surface area contributed by atoms with E-state index < -0.39 is 0 Å². The number of hydrogen-bond acceptors (Lipinski definition) is 1. The minimum absolute atomic E-state index is 0.287. The summed E-state index contributed by atoms with van der Waals surface area (Å²) in [6.45, 7) is 0. The summed E-state index contributed by atoms with van der Waals surface area (Å²) >= 11 is 0.287. The Morgan fingerprint density at radius 1 is 0.357 bits per heavy atom. The van der Waals surface area contributed by atoms with Crippen LogP contribution in [0.2, 0.25) is 0 Å². The van der Waals surface area contributed by atoms with Gasteiger partial charge in [-0.25, -0.2) is 0 Å². The summed E-state index contributed by atoms with van der Waals surface area (Å²) in [5.41, 5.74) is 8.30. The second-order valence-electron chi connectivity index (χ2n) is 10.6. The normalized spacial score (nSPS) is 11.3. The number of benzene rings is 7. The number of nitrogens with zero attached hydrogens (tertiary/aromatic N) is 1. The molecule has 0 spiro atoms. The fourth-order valence-electron chi connectivity index (χ4n) is 5.99. The second-order valence-corrected chi connectivity index (χ2v) is 12.8. The van der Waals surface area contributed by atoms with Crippen molar-refractivity contribution in [2.45, 2.75) is 0 Å². The van der Waals surface area contributed by atoms with Gasteiger partial charge in [-0.1, -0.05) is 0 Å². The molecule has 0 fully saturated rings. The molecule has 0 bridgehead atoms. The van der Waals surface area contributed by atoms with Gasteiger partial charge in [0.1, 0.15) is 0 Å². The first kappa shape index (κ1) is 24.9. The zero-order valence-electron chi connectivity index (χ0n) is 22.9. The molecule has 0 aliphatic carbocycles. The summed E-state index contributed by atoms with van der Waals surface area (Å²) in [5, 5.41) is 5.44. The topological polar surface area (TPSA) is 3.24 Å². The Morgan fingerprint density at radius 2 is 0.929 bits per heavy atom. The molecule has 8 aromatic rings. The van der Waals surface area contributed by atoms with E-state index in [4.69, 9.17) is 0 Å². The van der Waals surface area contributed by atoms with Crippen LogP contribution in [-0.4, -0.2) is 14.5 Å². The summed E-state index contributed by atoms with van der Waals surface area (Å²) in [6.07, 6.45) is 0. The first-order chi connectivity index (χ1) is 20.8. The third-order valence-electron chi connectivity index (χ3n) is 8.03. The minimum atomic E-state index is 0.287. The van der Waals surface area contributed by atoms with Crippen molar-refractivity contribution >= 4 is 61.6 Å². The molecule has 0 saturated carbocycles. The predicted molar refractivity (Wildman–Crippen MR) is 181 cm³/mol. The van der Waals surface area contributed by atoms with Gasteiger partial charge in [-0.05, 0) is 0 Å². The Balaban J connectivity index is 1.34. The SMILES string of the molecule is c1ccc(-c2cccc(N(c3cccc(-c4ccccc4)c3)c3ccc4[se]c5c6ccccc6ccc5c4c3)c2)cc1. The molecule has 1 nitrogen and oxygen atoms in total. The van der Waals surface area contributed by atoms with Gasteiger partial charge in [-0.2, -0.15) is 0 Å². The molecule has 198 valence electrons. The van der Waals surface area contributed by atoms with E-state index in [-0.39, 0.29) is 14.5 Å². The van der Waals surface area contributed by atoms with Gasteiger partial charge >= 0.3 is 253 Å². The molecule has 8 rings (SSSR count). The van der Waals surface area contributed by atoms with E-state index in [0.717, 1.165) is 11.4 Å². The van der Waals surface area contributed by atoms with Crippen LogP contribution in [0.5, 0.6) is 0 Å². The van der Waals surface area contributed by atoms with E-state index in [1.54, 1.807) is 0 Å². The van der Waals surface area contributed by atoms with Crippen molar-refractivity contribution < 1.29 is 0 Å². The van der Waals surface area contributed by atoms with Crippen LogP contribution in [0.15, 0.2) is 164 Å². The standard InChI is InChI=1S/C40H27NSe/c1-3-11-28(12-4-1)31-16-9-18-33(25-31)41(34-19-10-17-32(26-34)29-13-5-2-6-14-29)35-22-24-39-38(27-35)37-23-21-30-15-7-8-20-36(30)40(37)42-39/h1-27H. The fraction of sp³-hybridized carbons (Fsp3) is 0. The maximum absolute atomic E-state index is 2.41. The molecule has 0 amide bonds. The fourth-order valence-corrected chi connectivity index (χ4v) is 8.55. The van der Waals surface area contributed by atoms with E-state index in [0.29, 0.717) is 0 Å². The van der Waals surface area contributed by atoms with Crippen molar-refractivity contribution in [2.75, 3.05) is 4.90 Å². The average Bonchev–Trinajstić information content (AvgIpc) is 3.45. The van der Waals surface area contributed by atoms with Crippen molar-refractivity contribution in [1.82, 2.24) is 0 Å². The maximum atomic E-state index is 2.41. The van der Waals surface area contributed by atoms with E-state index >= 15 is 0 Å². The third kappa shape index (κ3) is 4.43. The van der Waals surface area contributed by atoms with Gasteiger partial charge in [0.15, 0.2) is 0 Å². The quantitative estimate of drug-likeness (QED) is 0.178. The Kier molecular flexibility index (Phi) is 6.22. The predicted octanol–water partition coefficient (Wildman–Crippen LogP) is 11.0. The van der Waals surface area contributed by atoms with Gasteiger partial charge in [-0.3, -0.25) is 0 Å². The van der Waals surface area contributed by atoms with Crippen LogP contribution in [0.4, 0.5) is 17.1 Å². The van der Waals surface area contributed by atoms with Crippen molar-refractivity contribution in [3.05, 3.63) is 164 Å². The molecular weight excluding hydrogens is 573 g/mol. The Labute approximate surface area is 251 Å². The molecule has 2 heteroatoms. The van der Waals surface area contributed by atoms with Crippen LogP contribution in [0.3, 0.4) is 0 Å². The summed E-state index contributed by atoms with van der Waals surface area (Å²) in [6, 6.07) is 59.5. The molecule has 0 atom stereocenters. The number of anilines is 3. The Hall–Kier alpha value is -4.88. The summed E-state index contributed by atoms with van der Waals surface area (Å²) in [4.78, 5) is 2.41. The molecule has 1 heterocycles. The van der Waals surface area contributed by atoms with E-state index in [9.17, 15) is 0 Å². The molecule has 0 N–H and O–H groups in total. The summed E-state index contributed by atoms with van der Waals surface area (Å²) < 4.78 is 2.95. The molecule has 0 unspecified atom stereocenters. The van der Waals surface area contributed by atoms with Gasteiger partial charge in [0, 0.05) is 0 Å². The molecule has 7 aromatic carbocycles. The summed E-state index contributed by atoms with van der Waals surface area (Å²) in [7, 11) is 0. The van der Waals surface area contributed by atoms with Gasteiger partial charge < -0.3 is 0 Å². The van der Waals surface area contributed by atoms with Crippen LogP contribution in [0.25, 0.3) is 52.3 Å². The second kappa shape index (κ2) is 10.5. The first-order valence-corrected chi connectivity index (χ1v) is 16.0. The van der Waals surface area contributed by atoms with Crippen molar-refractivity contribution in [3.63, 3.8) is 0 Å². The molecule has 42 heavy (non-hydrogen) atoms. The van der Waals surface area contributed by atoms with Gasteiger partial charge in [0.25, 0.3) is 0 Å². The molecule has 0 saturated heterocycles. The zero-order chi connectivity index (χ0) is 27.9. The molecule has 1 aromatic heterocycles. The van der Waals surface area contributed by atoms with Crippen LogP contribution in [0.1, 0.15) is 0 Å². The zero-order valence-corrected chi connectivity index (χ0v) is 24.7. The first-order valence-electron chi connectivity index (χ1n) is 14.3. The van der Waals surface area contributed by atoms with Crippen LogP contribution in [-0.2, 0) is 0 Å². The third-order valence-corrected chi connectivity index (χ3v) is 10.6. The molecule has 0 radical (unpaired) electrons. The van der Waals surface area contributed by atoms with E-state index in [1.807, 2.05) is 0 Å². The van der Waals surface area contributed by atoms with Gasteiger partial charge in [-0.15, -0.1) is 0 Å². The Bertz CT molecular complexity index is 2110. The average molecular weight is 601 g/mol. The van der Waals surface area contributed by atoms with Crippen molar-refractivity contribution in [1.29, 1.82) is 0 Å². The molecule has 0 aliphatic heterocycles. The number of rotatable bonds is 5. The number of hydrogen-bond donors (Lipinski definition) is 0. The monoisotopic (exact) mass is 601 g/mol. The molecular formula is C40H27NSe. The Morgan fingerprint density at radius 3 is 1.60 bits per heavy atom. The molecule has 0 aliphatic rings. The van der Waals surface area contributed by atoms with Crippen LogP contribution < -0.4 is 4.90 Å². The van der Waals surface area contributed by atoms with Crippen molar-refractivity contribution in [3.8, 4) is 22.3 Å². The van der Waals surface area contributed by atoms with E-state index in [2.05, 4.69) is 169 Å². The van der Waals surface area contributed by atoms with Gasteiger partial charge in [0.05, 0.1) is 0 Å². The van der Waals surface area contributed by atoms with Gasteiger partial charge in [0.2, 0.25) is 0 Å². The number of fused-ring (bicyclic) bond motifs is 5. The van der Waals surface area contributed by atoms with Crippen LogP contribution >= 0.6 is 0 Å². The van der Waals surface area contributed by atoms with Crippen molar-refractivity contribution in [2.24, 2.45) is 0 Å². The van der Waals surface area contributed by atoms with Crippen LogP contribution in [0, 0.1) is 0 Å².